The van der Waals surface area contributed by atoms with Crippen molar-refractivity contribution in [2.75, 3.05) is 0 Å². The van der Waals surface area contributed by atoms with Crippen molar-refractivity contribution in [2.24, 2.45) is 15.9 Å². The van der Waals surface area contributed by atoms with Gasteiger partial charge in [-0.25, -0.2) is 0 Å². The lowest BCUT2D eigenvalue weighted by Crippen LogP contribution is -2.14. The van der Waals surface area contributed by atoms with Crippen LogP contribution in [-0.2, 0) is 4.79 Å². The van der Waals surface area contributed by atoms with Gasteiger partial charge in [0.1, 0.15) is 0 Å². The summed E-state index contributed by atoms with van der Waals surface area (Å²) in [6, 6.07) is 0. The molecule has 1 amide bonds. The first kappa shape index (κ1) is 9.58. The van der Waals surface area contributed by atoms with Gasteiger partial charge in [-0.3, -0.25) is 4.79 Å². The number of carbonyl (C=O) groups is 1. The van der Waals surface area contributed by atoms with Crippen molar-refractivity contribution in [1.29, 1.82) is 0 Å². The Morgan fingerprint density at radius 1 is 1.47 bits per heavy atom. The first-order valence-corrected chi connectivity index (χ1v) is 4.70. The van der Waals surface area contributed by atoms with Crippen LogP contribution in [0.3, 0.4) is 0 Å². The molecule has 0 spiro atoms. The van der Waals surface area contributed by atoms with Crippen LogP contribution < -0.4 is 5.73 Å². The van der Waals surface area contributed by atoms with Crippen LogP contribution >= 0.6 is 0 Å². The third-order valence-electron chi connectivity index (χ3n) is 2.23. The first-order chi connectivity index (χ1) is 7.25. The number of amides is 1. The number of hydrogen-bond acceptors (Lipinski definition) is 3. The van der Waals surface area contributed by atoms with Gasteiger partial charge >= 0.3 is 0 Å². The number of nitrogens with two attached hydrogens (primary N) is 1. The summed E-state index contributed by atoms with van der Waals surface area (Å²) in [5, 5.41) is 7.93. The molecular formula is C11H11N3O. The van der Waals surface area contributed by atoms with E-state index < -0.39 is 0 Å². The maximum Gasteiger partial charge on any atom is 0.221 e. The second-order valence-electron chi connectivity index (χ2n) is 3.44. The lowest BCUT2D eigenvalue weighted by atomic mass is 9.94. The molecule has 0 aromatic rings. The highest BCUT2D eigenvalue weighted by molar-refractivity contribution is 6.06. The van der Waals surface area contributed by atoms with E-state index in [-0.39, 0.29) is 12.3 Å². The molecule has 76 valence electrons. The fourth-order valence-corrected chi connectivity index (χ4v) is 1.56. The van der Waals surface area contributed by atoms with Crippen molar-refractivity contribution >= 4 is 17.8 Å². The Kier molecular flexibility index (Phi) is 2.58. The maximum atomic E-state index is 10.8. The molecule has 4 nitrogen and oxygen atoms in total. The minimum atomic E-state index is -0.314. The zero-order valence-electron chi connectivity index (χ0n) is 8.18. The van der Waals surface area contributed by atoms with Crippen molar-refractivity contribution in [3.8, 4) is 0 Å². The fourth-order valence-electron chi connectivity index (χ4n) is 1.56. The highest BCUT2D eigenvalue weighted by Gasteiger charge is 2.14. The Bertz CT molecular complexity index is 439. The SMILES string of the molecule is NC(=O)CC1=CC=C2C=CC=NN=C2C1. The summed E-state index contributed by atoms with van der Waals surface area (Å²) in [7, 11) is 0. The summed E-state index contributed by atoms with van der Waals surface area (Å²) in [5.74, 6) is -0.314. The van der Waals surface area contributed by atoms with Gasteiger partial charge in [0.15, 0.2) is 0 Å². The molecule has 0 saturated heterocycles. The van der Waals surface area contributed by atoms with E-state index in [0.29, 0.717) is 6.42 Å². The van der Waals surface area contributed by atoms with Crippen LogP contribution in [0.4, 0.5) is 0 Å². The van der Waals surface area contributed by atoms with Gasteiger partial charge in [0, 0.05) is 19.1 Å². The first-order valence-electron chi connectivity index (χ1n) is 4.70. The van der Waals surface area contributed by atoms with E-state index >= 15 is 0 Å². The van der Waals surface area contributed by atoms with E-state index in [9.17, 15) is 4.79 Å². The molecule has 0 aromatic carbocycles. The molecule has 15 heavy (non-hydrogen) atoms. The molecule has 2 rings (SSSR count). The van der Waals surface area contributed by atoms with E-state index in [1.54, 1.807) is 6.21 Å². The molecule has 2 N–H and O–H groups in total. The molecule has 0 saturated carbocycles. The van der Waals surface area contributed by atoms with Gasteiger partial charge in [0.2, 0.25) is 5.91 Å². The quantitative estimate of drug-likeness (QED) is 0.714. The van der Waals surface area contributed by atoms with Crippen LogP contribution in [0.2, 0.25) is 0 Å². The predicted molar refractivity (Wildman–Crippen MR) is 59.7 cm³/mol. The summed E-state index contributed by atoms with van der Waals surface area (Å²) in [6.07, 6.45) is 10.2. The van der Waals surface area contributed by atoms with Crippen molar-refractivity contribution < 1.29 is 4.79 Å². The monoisotopic (exact) mass is 201 g/mol. The number of nitrogens with zero attached hydrogens (tertiary/aromatic N) is 2. The Hall–Kier alpha value is -1.97. The molecule has 0 unspecified atom stereocenters. The molecule has 0 fully saturated rings. The topological polar surface area (TPSA) is 67.8 Å². The maximum absolute atomic E-state index is 10.8. The van der Waals surface area contributed by atoms with Crippen LogP contribution in [0.5, 0.6) is 0 Å². The third-order valence-corrected chi connectivity index (χ3v) is 2.23. The van der Waals surface area contributed by atoms with E-state index in [0.717, 1.165) is 16.9 Å². The molecule has 2 aliphatic rings. The van der Waals surface area contributed by atoms with Crippen LogP contribution in [0.25, 0.3) is 0 Å². The highest BCUT2D eigenvalue weighted by atomic mass is 16.1. The van der Waals surface area contributed by atoms with Crippen molar-refractivity contribution in [1.82, 2.24) is 0 Å². The summed E-state index contributed by atoms with van der Waals surface area (Å²) in [6.45, 7) is 0. The number of primary amides is 1. The number of rotatable bonds is 2. The Labute approximate surface area is 87.6 Å². The van der Waals surface area contributed by atoms with E-state index in [4.69, 9.17) is 5.73 Å². The summed E-state index contributed by atoms with van der Waals surface area (Å²) < 4.78 is 0. The second kappa shape index (κ2) is 4.04. The summed E-state index contributed by atoms with van der Waals surface area (Å²) >= 11 is 0. The standard InChI is InChI=1S/C11H11N3O/c12-11(15)7-8-3-4-9-2-1-5-13-14-10(9)6-8/h1-5H,6-7H2,(H2,12,15). The molecule has 0 atom stereocenters. The van der Waals surface area contributed by atoms with Crippen LogP contribution in [0.15, 0.2) is 45.7 Å². The zero-order valence-corrected chi connectivity index (χ0v) is 8.18. The Morgan fingerprint density at radius 2 is 2.33 bits per heavy atom. The number of fused-ring (bicyclic) bond motifs is 1. The molecule has 4 heteroatoms. The minimum absolute atomic E-state index is 0.288. The highest BCUT2D eigenvalue weighted by Crippen LogP contribution is 2.20. The number of allylic oxidation sites excluding steroid dienone is 5. The molecule has 0 bridgehead atoms. The molecule has 1 aliphatic carbocycles. The minimum Gasteiger partial charge on any atom is -0.369 e. The molecule has 1 heterocycles. The number of carbonyl (C=O) groups excluding carboxylic acids is 1. The van der Waals surface area contributed by atoms with E-state index in [2.05, 4.69) is 10.2 Å². The van der Waals surface area contributed by atoms with Crippen molar-refractivity contribution in [2.45, 2.75) is 12.8 Å². The Balaban J connectivity index is 2.24. The fraction of sp³-hybridized carbons (Fsp3) is 0.182. The van der Waals surface area contributed by atoms with Crippen molar-refractivity contribution in [3.05, 3.63) is 35.5 Å². The molecule has 1 aliphatic heterocycles. The summed E-state index contributed by atoms with van der Waals surface area (Å²) in [4.78, 5) is 10.8. The molecular weight excluding hydrogens is 190 g/mol. The molecule has 0 radical (unpaired) electrons. The normalized spacial score (nSPS) is 18.5. The number of hydrogen-bond donors (Lipinski definition) is 1. The largest absolute Gasteiger partial charge is 0.369 e. The lowest BCUT2D eigenvalue weighted by Gasteiger charge is -2.12. The lowest BCUT2D eigenvalue weighted by molar-refractivity contribution is -0.117. The van der Waals surface area contributed by atoms with Gasteiger partial charge in [0.05, 0.1) is 5.71 Å². The van der Waals surface area contributed by atoms with Gasteiger partial charge in [-0.05, 0) is 11.6 Å². The van der Waals surface area contributed by atoms with Gasteiger partial charge in [-0.15, -0.1) is 0 Å². The van der Waals surface area contributed by atoms with Gasteiger partial charge in [-0.2, -0.15) is 10.2 Å². The van der Waals surface area contributed by atoms with Crippen LogP contribution in [0.1, 0.15) is 12.8 Å². The molecule has 0 aromatic heterocycles. The predicted octanol–water partition coefficient (Wildman–Crippen LogP) is 1.11. The summed E-state index contributed by atoms with van der Waals surface area (Å²) in [5.41, 5.74) is 8.05. The van der Waals surface area contributed by atoms with Gasteiger partial charge in [0.25, 0.3) is 0 Å². The third kappa shape index (κ3) is 2.28. The van der Waals surface area contributed by atoms with Crippen LogP contribution in [-0.4, -0.2) is 17.8 Å². The Morgan fingerprint density at radius 3 is 3.13 bits per heavy atom. The smallest absolute Gasteiger partial charge is 0.221 e. The van der Waals surface area contributed by atoms with Crippen LogP contribution in [0, 0.1) is 0 Å². The zero-order chi connectivity index (χ0) is 10.7. The van der Waals surface area contributed by atoms with Crippen molar-refractivity contribution in [3.63, 3.8) is 0 Å². The van der Waals surface area contributed by atoms with E-state index in [1.165, 1.54) is 0 Å². The average Bonchev–Trinajstić information content (AvgIpc) is 2.41. The average molecular weight is 201 g/mol. The van der Waals surface area contributed by atoms with E-state index in [1.807, 2.05) is 24.3 Å². The second-order valence-corrected chi connectivity index (χ2v) is 3.44. The van der Waals surface area contributed by atoms with Gasteiger partial charge < -0.3 is 5.73 Å². The van der Waals surface area contributed by atoms with Gasteiger partial charge in [-0.1, -0.05) is 23.8 Å².